The molecule has 2 aromatic carbocycles. The SMILES string of the molecule is COc1ccc2c(c1F)CCN(Cc1ccc(CNC(C)=O)cc1)C2C. The number of carbonyl (C=O) groups is 1. The van der Waals surface area contributed by atoms with Crippen LogP contribution in [0.2, 0.25) is 0 Å². The van der Waals surface area contributed by atoms with Crippen molar-refractivity contribution < 1.29 is 13.9 Å². The zero-order valence-electron chi connectivity index (χ0n) is 15.5. The first-order valence-electron chi connectivity index (χ1n) is 8.91. The minimum Gasteiger partial charge on any atom is -0.494 e. The van der Waals surface area contributed by atoms with Gasteiger partial charge in [-0.2, -0.15) is 0 Å². The van der Waals surface area contributed by atoms with Crippen molar-refractivity contribution in [1.82, 2.24) is 10.2 Å². The third kappa shape index (κ3) is 3.88. The van der Waals surface area contributed by atoms with Crippen LogP contribution in [-0.2, 0) is 24.3 Å². The van der Waals surface area contributed by atoms with Gasteiger partial charge in [-0.3, -0.25) is 9.69 Å². The number of hydrogen-bond acceptors (Lipinski definition) is 3. The fraction of sp³-hybridized carbons (Fsp3) is 0.381. The van der Waals surface area contributed by atoms with Crippen LogP contribution in [0.1, 0.15) is 42.1 Å². The van der Waals surface area contributed by atoms with E-state index in [2.05, 4.69) is 29.3 Å². The highest BCUT2D eigenvalue weighted by Crippen LogP contribution is 2.35. The number of nitrogens with one attached hydrogen (secondary N) is 1. The van der Waals surface area contributed by atoms with Gasteiger partial charge in [0.15, 0.2) is 11.6 Å². The second-order valence-corrected chi connectivity index (χ2v) is 6.77. The molecule has 138 valence electrons. The van der Waals surface area contributed by atoms with E-state index in [0.29, 0.717) is 18.7 Å². The van der Waals surface area contributed by atoms with Crippen LogP contribution in [0.3, 0.4) is 0 Å². The first-order chi connectivity index (χ1) is 12.5. The van der Waals surface area contributed by atoms with E-state index in [-0.39, 0.29) is 17.8 Å². The van der Waals surface area contributed by atoms with Crippen molar-refractivity contribution in [3.63, 3.8) is 0 Å². The minimum atomic E-state index is -0.223. The number of amides is 1. The van der Waals surface area contributed by atoms with E-state index >= 15 is 0 Å². The molecular formula is C21H25FN2O2. The van der Waals surface area contributed by atoms with Crippen LogP contribution in [0, 0.1) is 5.82 Å². The fourth-order valence-corrected chi connectivity index (χ4v) is 3.50. The van der Waals surface area contributed by atoms with Gasteiger partial charge in [-0.15, -0.1) is 0 Å². The summed E-state index contributed by atoms with van der Waals surface area (Å²) in [6, 6.07) is 12.1. The highest BCUT2D eigenvalue weighted by Gasteiger charge is 2.27. The summed E-state index contributed by atoms with van der Waals surface area (Å²) in [5, 5.41) is 2.80. The number of fused-ring (bicyclic) bond motifs is 1. The molecule has 0 radical (unpaired) electrons. The molecule has 1 amide bonds. The number of ether oxygens (including phenoxy) is 1. The summed E-state index contributed by atoms with van der Waals surface area (Å²) in [6.45, 7) is 5.81. The summed E-state index contributed by atoms with van der Waals surface area (Å²) in [5.74, 6) is 0.0664. The summed E-state index contributed by atoms with van der Waals surface area (Å²) in [7, 11) is 1.50. The van der Waals surface area contributed by atoms with Crippen LogP contribution >= 0.6 is 0 Å². The topological polar surface area (TPSA) is 41.6 Å². The van der Waals surface area contributed by atoms with E-state index < -0.39 is 0 Å². The van der Waals surface area contributed by atoms with Gasteiger partial charge in [-0.1, -0.05) is 30.3 Å². The average Bonchev–Trinajstić information content (AvgIpc) is 2.64. The van der Waals surface area contributed by atoms with Gasteiger partial charge < -0.3 is 10.1 Å². The molecule has 0 fully saturated rings. The Kier molecular flexibility index (Phi) is 5.57. The van der Waals surface area contributed by atoms with E-state index in [1.165, 1.54) is 19.6 Å². The summed E-state index contributed by atoms with van der Waals surface area (Å²) >= 11 is 0. The fourth-order valence-electron chi connectivity index (χ4n) is 3.50. The molecule has 1 unspecified atom stereocenters. The van der Waals surface area contributed by atoms with Crippen molar-refractivity contribution in [3.05, 3.63) is 64.5 Å². The maximum Gasteiger partial charge on any atom is 0.217 e. The Labute approximate surface area is 154 Å². The standard InChI is InChI=1S/C21H25FN2O2/c1-14-18-8-9-20(26-3)21(22)19(18)10-11-24(14)13-17-6-4-16(5-7-17)12-23-15(2)25/h4-9,14H,10-13H2,1-3H3,(H,23,25). The van der Waals surface area contributed by atoms with E-state index in [0.717, 1.165) is 29.8 Å². The van der Waals surface area contributed by atoms with Crippen LogP contribution in [0.5, 0.6) is 5.75 Å². The molecule has 0 aliphatic carbocycles. The maximum atomic E-state index is 14.5. The second kappa shape index (κ2) is 7.87. The molecule has 26 heavy (non-hydrogen) atoms. The molecule has 0 saturated carbocycles. The Morgan fingerprint density at radius 1 is 1.23 bits per heavy atom. The van der Waals surface area contributed by atoms with Crippen LogP contribution in [0.15, 0.2) is 36.4 Å². The van der Waals surface area contributed by atoms with Gasteiger partial charge in [0, 0.05) is 32.6 Å². The largest absolute Gasteiger partial charge is 0.494 e. The van der Waals surface area contributed by atoms with Crippen LogP contribution in [-0.4, -0.2) is 24.5 Å². The third-order valence-corrected chi connectivity index (χ3v) is 5.06. The number of benzene rings is 2. The van der Waals surface area contributed by atoms with E-state index in [9.17, 15) is 9.18 Å². The Morgan fingerprint density at radius 3 is 2.58 bits per heavy atom. The van der Waals surface area contributed by atoms with Gasteiger partial charge in [0.25, 0.3) is 0 Å². The lowest BCUT2D eigenvalue weighted by Gasteiger charge is -2.35. The van der Waals surface area contributed by atoms with Crippen LogP contribution in [0.4, 0.5) is 4.39 Å². The van der Waals surface area contributed by atoms with Crippen molar-refractivity contribution in [3.8, 4) is 5.75 Å². The van der Waals surface area contributed by atoms with Crippen molar-refractivity contribution >= 4 is 5.91 Å². The molecule has 0 saturated heterocycles. The molecule has 2 aromatic rings. The molecule has 4 nitrogen and oxygen atoms in total. The monoisotopic (exact) mass is 356 g/mol. The lowest BCUT2D eigenvalue weighted by Crippen LogP contribution is -2.34. The van der Waals surface area contributed by atoms with Gasteiger partial charge in [0.1, 0.15) is 0 Å². The molecule has 0 spiro atoms. The molecule has 3 rings (SSSR count). The highest BCUT2D eigenvalue weighted by atomic mass is 19.1. The lowest BCUT2D eigenvalue weighted by molar-refractivity contribution is -0.119. The van der Waals surface area contributed by atoms with Crippen molar-refractivity contribution in [1.29, 1.82) is 0 Å². The smallest absolute Gasteiger partial charge is 0.217 e. The van der Waals surface area contributed by atoms with E-state index in [4.69, 9.17) is 4.74 Å². The van der Waals surface area contributed by atoms with E-state index in [1.54, 1.807) is 6.07 Å². The molecule has 1 heterocycles. The minimum absolute atomic E-state index is 0.0289. The van der Waals surface area contributed by atoms with Crippen LogP contribution in [0.25, 0.3) is 0 Å². The molecule has 1 atom stereocenters. The van der Waals surface area contributed by atoms with Gasteiger partial charge in [0.05, 0.1) is 7.11 Å². The number of halogens is 1. The quantitative estimate of drug-likeness (QED) is 0.890. The molecule has 5 heteroatoms. The van der Waals surface area contributed by atoms with Gasteiger partial charge in [-0.05, 0) is 41.7 Å². The zero-order valence-corrected chi connectivity index (χ0v) is 15.5. The van der Waals surface area contributed by atoms with Crippen LogP contribution < -0.4 is 10.1 Å². The first-order valence-corrected chi connectivity index (χ1v) is 8.91. The molecule has 0 aromatic heterocycles. The molecular weight excluding hydrogens is 331 g/mol. The predicted octanol–water partition coefficient (Wildman–Crippen LogP) is 3.59. The zero-order chi connectivity index (χ0) is 18.7. The average molecular weight is 356 g/mol. The summed E-state index contributed by atoms with van der Waals surface area (Å²) in [6.07, 6.45) is 0.684. The normalized spacial score (nSPS) is 16.8. The number of rotatable bonds is 5. The second-order valence-electron chi connectivity index (χ2n) is 6.77. The molecule has 1 N–H and O–H groups in total. The number of nitrogens with zero attached hydrogens (tertiary/aromatic N) is 1. The number of methoxy groups -OCH3 is 1. The number of hydrogen-bond donors (Lipinski definition) is 1. The number of carbonyl (C=O) groups excluding carboxylic acids is 1. The van der Waals surface area contributed by atoms with Gasteiger partial charge >= 0.3 is 0 Å². The molecule has 1 aliphatic heterocycles. The van der Waals surface area contributed by atoms with Crippen molar-refractivity contribution in [2.45, 2.75) is 39.4 Å². The Morgan fingerprint density at radius 2 is 1.92 bits per heavy atom. The molecule has 1 aliphatic rings. The summed E-state index contributed by atoms with van der Waals surface area (Å²) in [5.41, 5.74) is 4.10. The Hall–Kier alpha value is -2.40. The van der Waals surface area contributed by atoms with E-state index in [1.807, 2.05) is 18.2 Å². The first kappa shape index (κ1) is 18.4. The maximum absolute atomic E-state index is 14.5. The highest BCUT2D eigenvalue weighted by molar-refractivity contribution is 5.72. The molecule has 0 bridgehead atoms. The third-order valence-electron chi connectivity index (χ3n) is 5.06. The Balaban J connectivity index is 1.70. The van der Waals surface area contributed by atoms with Gasteiger partial charge in [-0.25, -0.2) is 4.39 Å². The predicted molar refractivity (Wildman–Crippen MR) is 99.4 cm³/mol. The lowest BCUT2D eigenvalue weighted by atomic mass is 9.92. The van der Waals surface area contributed by atoms with Gasteiger partial charge in [0.2, 0.25) is 5.91 Å². The summed E-state index contributed by atoms with van der Waals surface area (Å²) in [4.78, 5) is 13.4. The Bertz CT molecular complexity index is 789. The van der Waals surface area contributed by atoms with Crippen molar-refractivity contribution in [2.75, 3.05) is 13.7 Å². The van der Waals surface area contributed by atoms with Crippen molar-refractivity contribution in [2.24, 2.45) is 0 Å². The summed E-state index contributed by atoms with van der Waals surface area (Å²) < 4.78 is 19.6.